The van der Waals surface area contributed by atoms with Gasteiger partial charge >= 0.3 is 0 Å². The molecule has 7 rings (SSSR count). The van der Waals surface area contributed by atoms with Gasteiger partial charge in [0.1, 0.15) is 11.4 Å². The highest BCUT2D eigenvalue weighted by atomic mass is 35.5. The van der Waals surface area contributed by atoms with E-state index in [1.807, 2.05) is 25.1 Å². The molecule has 12 heteroatoms. The fourth-order valence-electron chi connectivity index (χ4n) is 8.71. The summed E-state index contributed by atoms with van der Waals surface area (Å²) in [6, 6.07) is 11.3. The average Bonchev–Trinajstić information content (AvgIpc) is 3.29. The van der Waals surface area contributed by atoms with E-state index in [4.69, 9.17) is 21.1 Å². The molecule has 52 heavy (non-hydrogen) atoms. The summed E-state index contributed by atoms with van der Waals surface area (Å²) >= 11 is 6.40. The SMILES string of the molecule is CCN1CCNCC1.CO[C@@]1(C=O)/C=C/C[C@H](C)[C@@H](C)S(=O)(=O)NC(=O)c2ccc3c(c2)N(C[C@@H]2CC[C@H]21)C[C@@]1(CCCc2cc(Cl)ccc21)CO3. The van der Waals surface area contributed by atoms with Crippen LogP contribution in [0.3, 0.4) is 0 Å². The largest absolute Gasteiger partial charge is 0.490 e. The minimum atomic E-state index is -3.97. The normalized spacial score (nSPS) is 32.3. The number of likely N-dealkylation sites (N-methyl/N-ethyl adjacent to an activating group) is 1. The molecule has 2 bridgehead atoms. The maximum atomic E-state index is 13.4. The van der Waals surface area contributed by atoms with Crippen molar-refractivity contribution in [2.75, 3.05) is 64.4 Å². The summed E-state index contributed by atoms with van der Waals surface area (Å²) in [5.41, 5.74) is 2.05. The standard InChI is InChI=1S/C34H41ClN2O6S.C6H14N2/c1-22-6-4-15-34(20-38,42-3)29-11-8-26(29)18-37-19-33(14-5-7-24-16-27(35)10-12-28(24)33)21-43-31-13-9-25(17-30(31)37)32(39)36-44(40,41)23(22)2;1-2-8-5-3-7-4-6-8/h4,9-10,12-13,15-17,20,22-23,26,29H,5-8,11,14,18-19,21H2,1-3H3,(H,36,39);7H,2-6H2,1H3/b15-4+;/t22-,23+,26-,29+,33-,34+;/m0./s1. The molecule has 3 heterocycles. The third kappa shape index (κ3) is 7.94. The van der Waals surface area contributed by atoms with Crippen molar-refractivity contribution < 1.29 is 27.5 Å². The molecule has 0 aromatic heterocycles. The molecule has 2 aromatic rings. The number of benzene rings is 2. The van der Waals surface area contributed by atoms with Crippen LogP contribution in [0.1, 0.15) is 74.4 Å². The van der Waals surface area contributed by atoms with Crippen molar-refractivity contribution in [2.24, 2.45) is 17.8 Å². The number of ether oxygens (including phenoxy) is 2. The maximum absolute atomic E-state index is 13.4. The first kappa shape index (κ1) is 38.8. The fraction of sp³-hybridized carbons (Fsp3) is 0.600. The number of aryl methyl sites for hydroxylation is 1. The van der Waals surface area contributed by atoms with Crippen LogP contribution in [-0.2, 0) is 31.4 Å². The zero-order valence-corrected chi connectivity index (χ0v) is 32.6. The lowest BCUT2D eigenvalue weighted by atomic mass is 9.64. The molecule has 3 aliphatic heterocycles. The van der Waals surface area contributed by atoms with Crippen molar-refractivity contribution in [3.8, 4) is 5.75 Å². The Morgan fingerprint density at radius 3 is 2.58 bits per heavy atom. The van der Waals surface area contributed by atoms with Crippen LogP contribution in [0, 0.1) is 17.8 Å². The van der Waals surface area contributed by atoms with E-state index in [1.54, 1.807) is 32.2 Å². The smallest absolute Gasteiger partial charge is 0.264 e. The number of piperazine rings is 1. The molecular weight excluding hydrogens is 700 g/mol. The molecule has 1 amide bonds. The van der Waals surface area contributed by atoms with Gasteiger partial charge in [0.05, 0.1) is 17.5 Å². The van der Waals surface area contributed by atoms with E-state index in [2.05, 4.69) is 38.9 Å². The molecule has 2 fully saturated rings. The second kappa shape index (κ2) is 16.2. The highest BCUT2D eigenvalue weighted by Gasteiger charge is 2.49. The van der Waals surface area contributed by atoms with Crippen LogP contribution in [-0.4, -0.2) is 95.9 Å². The number of nitrogens with zero attached hydrogens (tertiary/aromatic N) is 2. The second-order valence-electron chi connectivity index (χ2n) is 15.4. The van der Waals surface area contributed by atoms with E-state index >= 15 is 0 Å². The third-order valence-corrected chi connectivity index (χ3v) is 14.5. The fourth-order valence-corrected chi connectivity index (χ4v) is 10.2. The van der Waals surface area contributed by atoms with Gasteiger partial charge in [0.2, 0.25) is 10.0 Å². The van der Waals surface area contributed by atoms with E-state index < -0.39 is 26.8 Å². The lowest BCUT2D eigenvalue weighted by molar-refractivity contribution is -0.135. The van der Waals surface area contributed by atoms with E-state index in [-0.39, 0.29) is 28.7 Å². The van der Waals surface area contributed by atoms with Gasteiger partial charge < -0.3 is 24.6 Å². The van der Waals surface area contributed by atoms with Crippen molar-refractivity contribution in [3.05, 3.63) is 70.3 Å². The van der Waals surface area contributed by atoms with Crippen molar-refractivity contribution in [3.63, 3.8) is 0 Å². The van der Waals surface area contributed by atoms with E-state index in [0.717, 1.165) is 44.1 Å². The Hall–Kier alpha value is -2.96. The van der Waals surface area contributed by atoms with E-state index in [9.17, 15) is 18.0 Å². The van der Waals surface area contributed by atoms with Crippen LogP contribution in [0.15, 0.2) is 48.6 Å². The number of amides is 1. The second-order valence-corrected chi connectivity index (χ2v) is 17.9. The van der Waals surface area contributed by atoms with Gasteiger partial charge in [0.15, 0.2) is 6.29 Å². The number of rotatable bonds is 3. The van der Waals surface area contributed by atoms with Gasteiger partial charge in [-0.05, 0) is 111 Å². The lowest BCUT2D eigenvalue weighted by Gasteiger charge is -2.48. The number of sulfonamides is 1. The number of carbonyl (C=O) groups excluding carboxylic acids is 2. The van der Waals surface area contributed by atoms with Gasteiger partial charge in [-0.15, -0.1) is 0 Å². The highest BCUT2D eigenvalue weighted by molar-refractivity contribution is 7.90. The van der Waals surface area contributed by atoms with Crippen molar-refractivity contribution in [1.82, 2.24) is 14.9 Å². The number of allylic oxidation sites excluding steroid dienone is 1. The maximum Gasteiger partial charge on any atom is 0.264 e. The molecule has 0 radical (unpaired) electrons. The van der Waals surface area contributed by atoms with Crippen molar-refractivity contribution in [2.45, 2.75) is 75.6 Å². The van der Waals surface area contributed by atoms with Crippen molar-refractivity contribution in [1.29, 1.82) is 0 Å². The molecular formula is C40H55ClN4O6S. The van der Waals surface area contributed by atoms with Crippen LogP contribution in [0.4, 0.5) is 5.69 Å². The van der Waals surface area contributed by atoms with Gasteiger partial charge in [0.25, 0.3) is 5.91 Å². The molecule has 2 aliphatic carbocycles. The zero-order chi connectivity index (χ0) is 37.1. The number of nitrogens with one attached hydrogen (secondary N) is 2. The van der Waals surface area contributed by atoms with Gasteiger partial charge in [0, 0.05) is 68.3 Å². The summed E-state index contributed by atoms with van der Waals surface area (Å²) in [4.78, 5) is 30.8. The Labute approximate surface area is 314 Å². The number of fused-ring (bicyclic) bond motifs is 4. The Balaban J connectivity index is 0.000000514. The van der Waals surface area contributed by atoms with Crippen LogP contribution >= 0.6 is 11.6 Å². The zero-order valence-electron chi connectivity index (χ0n) is 31.0. The monoisotopic (exact) mass is 754 g/mol. The van der Waals surface area contributed by atoms with Gasteiger partial charge in [-0.2, -0.15) is 0 Å². The topological polar surface area (TPSA) is 117 Å². The van der Waals surface area contributed by atoms with Gasteiger partial charge in [-0.25, -0.2) is 13.1 Å². The highest BCUT2D eigenvalue weighted by Crippen LogP contribution is 2.48. The molecule has 1 spiro atoms. The Morgan fingerprint density at radius 1 is 1.12 bits per heavy atom. The summed E-state index contributed by atoms with van der Waals surface area (Å²) in [7, 11) is -2.41. The number of anilines is 1. The minimum Gasteiger partial charge on any atom is -0.490 e. The van der Waals surface area contributed by atoms with Crippen LogP contribution in [0.25, 0.3) is 0 Å². The lowest BCUT2D eigenvalue weighted by Crippen LogP contribution is -2.53. The molecule has 2 N–H and O–H groups in total. The summed E-state index contributed by atoms with van der Waals surface area (Å²) in [6.07, 6.45) is 9.65. The molecule has 10 nitrogen and oxygen atoms in total. The van der Waals surface area contributed by atoms with Crippen LogP contribution < -0.4 is 19.7 Å². The Kier molecular flexibility index (Phi) is 12.1. The number of methoxy groups -OCH3 is 1. The number of aldehydes is 1. The summed E-state index contributed by atoms with van der Waals surface area (Å²) in [5, 5.41) is 3.18. The summed E-state index contributed by atoms with van der Waals surface area (Å²) < 4.78 is 41.3. The first-order valence-corrected chi connectivity index (χ1v) is 20.9. The van der Waals surface area contributed by atoms with E-state index in [0.29, 0.717) is 36.9 Å². The summed E-state index contributed by atoms with van der Waals surface area (Å²) in [5.74, 6) is -0.203. The molecule has 0 unspecified atom stereocenters. The number of hydrogen-bond acceptors (Lipinski definition) is 9. The molecule has 2 aromatic carbocycles. The van der Waals surface area contributed by atoms with Gasteiger partial charge in [-0.1, -0.05) is 37.6 Å². The number of carbonyl (C=O) groups is 2. The Bertz CT molecular complexity index is 1750. The third-order valence-electron chi connectivity index (χ3n) is 12.4. The number of hydrogen-bond donors (Lipinski definition) is 2. The summed E-state index contributed by atoms with van der Waals surface area (Å²) in [6.45, 7) is 13.4. The first-order chi connectivity index (χ1) is 24.9. The predicted octanol–water partition coefficient (Wildman–Crippen LogP) is 5.38. The first-order valence-electron chi connectivity index (χ1n) is 18.9. The van der Waals surface area contributed by atoms with Gasteiger partial charge in [-0.3, -0.25) is 9.59 Å². The molecule has 1 saturated heterocycles. The van der Waals surface area contributed by atoms with E-state index in [1.165, 1.54) is 43.9 Å². The van der Waals surface area contributed by atoms with Crippen LogP contribution in [0.2, 0.25) is 5.02 Å². The average molecular weight is 755 g/mol. The quantitative estimate of drug-likeness (QED) is 0.315. The number of halogens is 1. The molecule has 1 saturated carbocycles. The van der Waals surface area contributed by atoms with Crippen LogP contribution in [0.5, 0.6) is 5.75 Å². The predicted molar refractivity (Wildman–Crippen MR) is 206 cm³/mol. The molecule has 6 atom stereocenters. The van der Waals surface area contributed by atoms with Crippen molar-refractivity contribution >= 4 is 39.5 Å². The molecule has 284 valence electrons. The minimum absolute atomic E-state index is 0.0434. The Morgan fingerprint density at radius 2 is 1.90 bits per heavy atom. The molecule has 5 aliphatic rings.